The minimum Gasteiger partial charge on any atom is -0.391 e. The van der Waals surface area contributed by atoms with Gasteiger partial charge in [0.1, 0.15) is 5.82 Å². The number of ether oxygens (including phenoxy) is 1. The van der Waals surface area contributed by atoms with Gasteiger partial charge in [-0.15, -0.1) is 0 Å². The zero-order chi connectivity index (χ0) is 25.6. The van der Waals surface area contributed by atoms with E-state index >= 15 is 0 Å². The molecule has 3 N–H and O–H groups in total. The van der Waals surface area contributed by atoms with Crippen molar-refractivity contribution in [2.75, 3.05) is 56.6 Å². The molecule has 0 aliphatic carbocycles. The lowest BCUT2D eigenvalue weighted by Gasteiger charge is -2.26. The minimum atomic E-state index is -0.459. The predicted octanol–water partition coefficient (Wildman–Crippen LogP) is 3.35. The number of aliphatic hydroxyl groups excluding tert-OH is 1. The maximum atomic E-state index is 13.1. The van der Waals surface area contributed by atoms with Crippen molar-refractivity contribution < 1.29 is 14.6 Å². The van der Waals surface area contributed by atoms with E-state index in [0.29, 0.717) is 42.5 Å². The fourth-order valence-electron chi connectivity index (χ4n) is 4.68. The van der Waals surface area contributed by atoms with Crippen LogP contribution in [-0.4, -0.2) is 82.8 Å². The summed E-state index contributed by atoms with van der Waals surface area (Å²) in [5, 5.41) is 16.5. The predicted molar refractivity (Wildman–Crippen MR) is 144 cm³/mol. The summed E-state index contributed by atoms with van der Waals surface area (Å²) in [6.45, 7) is 7.44. The number of nitrogens with zero attached hydrogens (tertiary/aromatic N) is 4. The fraction of sp³-hybridized carbons (Fsp3) is 0.393. The van der Waals surface area contributed by atoms with Crippen LogP contribution < -0.4 is 10.6 Å². The van der Waals surface area contributed by atoms with Crippen molar-refractivity contribution in [1.82, 2.24) is 19.8 Å². The smallest absolute Gasteiger partial charge is 0.256 e. The van der Waals surface area contributed by atoms with Gasteiger partial charge in [0.2, 0.25) is 5.95 Å². The van der Waals surface area contributed by atoms with Crippen LogP contribution in [0.1, 0.15) is 27.9 Å². The molecule has 2 fully saturated rings. The van der Waals surface area contributed by atoms with Gasteiger partial charge in [-0.2, -0.15) is 4.98 Å². The van der Waals surface area contributed by atoms with Crippen LogP contribution >= 0.6 is 0 Å². The zero-order valence-corrected chi connectivity index (χ0v) is 21.2. The first-order chi connectivity index (χ1) is 18.0. The lowest BCUT2D eigenvalue weighted by molar-refractivity contribution is 0.0384. The van der Waals surface area contributed by atoms with Gasteiger partial charge >= 0.3 is 0 Å². The number of aliphatic hydroxyl groups is 1. The summed E-state index contributed by atoms with van der Waals surface area (Å²) in [5.74, 6) is 1.01. The molecule has 2 aromatic carbocycles. The second-order valence-corrected chi connectivity index (χ2v) is 9.62. The molecule has 2 aliphatic heterocycles. The number of hydrogen-bond acceptors (Lipinski definition) is 8. The van der Waals surface area contributed by atoms with Crippen molar-refractivity contribution in [3.05, 3.63) is 71.4 Å². The second kappa shape index (κ2) is 11.7. The topological polar surface area (TPSA) is 103 Å². The van der Waals surface area contributed by atoms with E-state index in [9.17, 15) is 9.90 Å². The van der Waals surface area contributed by atoms with Gasteiger partial charge in [0.15, 0.2) is 0 Å². The van der Waals surface area contributed by atoms with E-state index in [-0.39, 0.29) is 5.91 Å². The third-order valence-corrected chi connectivity index (χ3v) is 6.84. The Labute approximate surface area is 217 Å². The quantitative estimate of drug-likeness (QED) is 0.431. The molecule has 0 saturated carbocycles. The van der Waals surface area contributed by atoms with Crippen molar-refractivity contribution in [2.45, 2.75) is 25.9 Å². The van der Waals surface area contributed by atoms with Gasteiger partial charge < -0.3 is 25.4 Å². The molecule has 3 heterocycles. The number of amides is 1. The fourth-order valence-corrected chi connectivity index (χ4v) is 4.68. The molecule has 2 saturated heterocycles. The standard InChI is InChI=1S/C28H34N6O3/c1-20-18-29-28(30-22-6-4-5-21(17-22)9-11-33-13-15-37-16-14-33)32-26(20)31-25-8-3-2-7-24(25)27(36)34-12-10-23(35)19-34/h2-8,17-18,23,35H,9-16,19H2,1H3,(H2,29,30,31,32)/t23-/m0/s1. The average Bonchev–Trinajstić information content (AvgIpc) is 3.36. The molecule has 9 heteroatoms. The van der Waals surface area contributed by atoms with Gasteiger partial charge in [-0.1, -0.05) is 24.3 Å². The molecule has 9 nitrogen and oxygen atoms in total. The lowest BCUT2D eigenvalue weighted by Crippen LogP contribution is -2.37. The van der Waals surface area contributed by atoms with Gasteiger partial charge in [0.05, 0.1) is 30.6 Å². The molecule has 1 aromatic heterocycles. The van der Waals surface area contributed by atoms with E-state index in [1.807, 2.05) is 37.3 Å². The summed E-state index contributed by atoms with van der Waals surface area (Å²) in [6.07, 6.45) is 2.88. The third kappa shape index (κ3) is 6.43. The van der Waals surface area contributed by atoms with Gasteiger partial charge in [0, 0.05) is 50.2 Å². The van der Waals surface area contributed by atoms with E-state index in [4.69, 9.17) is 9.72 Å². The first-order valence-electron chi connectivity index (χ1n) is 12.9. The van der Waals surface area contributed by atoms with Crippen LogP contribution in [0.15, 0.2) is 54.7 Å². The molecule has 1 amide bonds. The molecule has 2 aliphatic rings. The number of para-hydroxylation sites is 1. The Kier molecular flexibility index (Phi) is 7.93. The zero-order valence-electron chi connectivity index (χ0n) is 21.2. The van der Waals surface area contributed by atoms with Crippen molar-refractivity contribution in [3.8, 4) is 0 Å². The summed E-state index contributed by atoms with van der Waals surface area (Å²) >= 11 is 0. The number of morpholine rings is 1. The van der Waals surface area contributed by atoms with Crippen molar-refractivity contribution in [2.24, 2.45) is 0 Å². The number of carbonyl (C=O) groups is 1. The highest BCUT2D eigenvalue weighted by atomic mass is 16.5. The Morgan fingerprint density at radius 1 is 1.11 bits per heavy atom. The molecule has 3 aromatic rings. The number of hydrogen-bond donors (Lipinski definition) is 3. The monoisotopic (exact) mass is 502 g/mol. The Balaban J connectivity index is 1.28. The summed E-state index contributed by atoms with van der Waals surface area (Å²) in [4.78, 5) is 26.4. The van der Waals surface area contributed by atoms with Crippen molar-refractivity contribution >= 4 is 29.0 Å². The van der Waals surface area contributed by atoms with Gasteiger partial charge in [-0.25, -0.2) is 4.98 Å². The number of likely N-dealkylation sites (tertiary alicyclic amines) is 1. The highest BCUT2D eigenvalue weighted by Crippen LogP contribution is 2.26. The van der Waals surface area contributed by atoms with Crippen LogP contribution in [0.3, 0.4) is 0 Å². The molecule has 0 spiro atoms. The summed E-state index contributed by atoms with van der Waals surface area (Å²) < 4.78 is 5.44. The van der Waals surface area contributed by atoms with E-state index in [1.165, 1.54) is 5.56 Å². The Morgan fingerprint density at radius 2 is 1.95 bits per heavy atom. The van der Waals surface area contributed by atoms with Gasteiger partial charge in [0.25, 0.3) is 5.91 Å². The molecule has 0 unspecified atom stereocenters. The molecule has 194 valence electrons. The Hall–Kier alpha value is -3.53. The molecule has 0 radical (unpaired) electrons. The van der Waals surface area contributed by atoms with Gasteiger partial charge in [-0.3, -0.25) is 9.69 Å². The normalized spacial score (nSPS) is 18.1. The largest absolute Gasteiger partial charge is 0.391 e. The molecule has 5 rings (SSSR count). The number of nitrogens with one attached hydrogen (secondary N) is 2. The number of β-amino-alcohol motifs (C(OH)–C–C–N with tert-alkyl or cyclic N) is 1. The summed E-state index contributed by atoms with van der Waals surface area (Å²) in [6, 6.07) is 15.7. The second-order valence-electron chi connectivity index (χ2n) is 9.62. The van der Waals surface area contributed by atoms with Crippen LogP contribution in [0.2, 0.25) is 0 Å². The molecular formula is C28H34N6O3. The highest BCUT2D eigenvalue weighted by Gasteiger charge is 2.27. The average molecular weight is 503 g/mol. The van der Waals surface area contributed by atoms with Crippen LogP contribution in [0.5, 0.6) is 0 Å². The lowest BCUT2D eigenvalue weighted by atomic mass is 10.1. The van der Waals surface area contributed by atoms with E-state index in [1.54, 1.807) is 17.2 Å². The van der Waals surface area contributed by atoms with E-state index in [2.05, 4.69) is 32.7 Å². The highest BCUT2D eigenvalue weighted by molar-refractivity contribution is 6.00. The molecule has 37 heavy (non-hydrogen) atoms. The maximum absolute atomic E-state index is 13.1. The van der Waals surface area contributed by atoms with E-state index in [0.717, 1.165) is 50.5 Å². The minimum absolute atomic E-state index is 0.0985. The van der Waals surface area contributed by atoms with Crippen molar-refractivity contribution in [3.63, 3.8) is 0 Å². The van der Waals surface area contributed by atoms with Crippen LogP contribution in [0, 0.1) is 6.92 Å². The number of anilines is 4. The summed E-state index contributed by atoms with van der Waals surface area (Å²) in [7, 11) is 0. The van der Waals surface area contributed by atoms with Crippen LogP contribution in [-0.2, 0) is 11.2 Å². The SMILES string of the molecule is Cc1cnc(Nc2cccc(CCN3CCOCC3)c2)nc1Nc1ccccc1C(=O)N1CC[C@H](O)C1. The molecule has 1 atom stereocenters. The van der Waals surface area contributed by atoms with E-state index < -0.39 is 6.10 Å². The maximum Gasteiger partial charge on any atom is 0.256 e. The van der Waals surface area contributed by atoms with Gasteiger partial charge in [-0.05, 0) is 49.6 Å². The number of aromatic nitrogens is 2. The Bertz CT molecular complexity index is 1230. The molecule has 0 bridgehead atoms. The summed E-state index contributed by atoms with van der Waals surface area (Å²) in [5.41, 5.74) is 4.27. The van der Waals surface area contributed by atoms with Crippen LogP contribution in [0.25, 0.3) is 0 Å². The number of rotatable bonds is 8. The third-order valence-electron chi connectivity index (χ3n) is 6.84. The number of carbonyl (C=O) groups excluding carboxylic acids is 1. The molecular weight excluding hydrogens is 468 g/mol. The first kappa shape index (κ1) is 25.1. The number of benzene rings is 2. The van der Waals surface area contributed by atoms with Crippen molar-refractivity contribution in [1.29, 1.82) is 0 Å². The first-order valence-corrected chi connectivity index (χ1v) is 12.9. The Morgan fingerprint density at radius 3 is 2.76 bits per heavy atom. The van der Waals surface area contributed by atoms with Crippen LogP contribution in [0.4, 0.5) is 23.1 Å². The number of aryl methyl sites for hydroxylation is 1.